The van der Waals surface area contributed by atoms with Crippen LogP contribution in [0.5, 0.6) is 0 Å². The molecule has 0 aliphatic heterocycles. The van der Waals surface area contributed by atoms with Crippen molar-refractivity contribution in [1.82, 2.24) is 0 Å². The van der Waals surface area contributed by atoms with Crippen LogP contribution in [0.25, 0.3) is 0 Å². The van der Waals surface area contributed by atoms with Gasteiger partial charge in [0.05, 0.1) is 20.2 Å². The average molecular weight is 400 g/mol. The van der Waals surface area contributed by atoms with E-state index in [0.717, 1.165) is 6.42 Å². The highest BCUT2D eigenvalue weighted by atomic mass is 16.5. The monoisotopic (exact) mass is 399 g/mol. The normalized spacial score (nSPS) is 13.7. The summed E-state index contributed by atoms with van der Waals surface area (Å²) in [6.07, 6.45) is 27.6. The maximum atomic E-state index is 11.9. The highest BCUT2D eigenvalue weighted by Gasteiger charge is 2.07. The molecule has 0 bridgehead atoms. The summed E-state index contributed by atoms with van der Waals surface area (Å²) in [5.41, 5.74) is 0. The molecule has 1 unspecified atom stereocenters. The number of hydroxylamine groups is 3. The zero-order chi connectivity index (χ0) is 20.8. The summed E-state index contributed by atoms with van der Waals surface area (Å²) in [6.45, 7) is 3.27. The van der Waals surface area contributed by atoms with E-state index in [-0.39, 0.29) is 11.3 Å². The van der Waals surface area contributed by atoms with Gasteiger partial charge >= 0.3 is 0 Å². The molecule has 0 amide bonds. The fourth-order valence-electron chi connectivity index (χ4n) is 4.02. The van der Waals surface area contributed by atoms with Crippen LogP contribution < -0.4 is 0 Å². The standard InChI is InChI=1S/C25H53NO2/c1-3-4-5-6-7-8-9-10-11-12-13-14-15-16-17-18-19-20-21-22-23-26(2,28)24-25-27/h27H,3-25H2,1-2H3. The van der Waals surface area contributed by atoms with Crippen LogP contribution >= 0.6 is 0 Å². The van der Waals surface area contributed by atoms with Gasteiger partial charge in [0.25, 0.3) is 0 Å². The van der Waals surface area contributed by atoms with Crippen LogP contribution in [0.3, 0.4) is 0 Å². The summed E-state index contributed by atoms with van der Waals surface area (Å²) in [5.74, 6) is 0. The number of hydrogen-bond acceptors (Lipinski definition) is 2. The molecule has 28 heavy (non-hydrogen) atoms. The third-order valence-electron chi connectivity index (χ3n) is 6.06. The number of rotatable bonds is 23. The van der Waals surface area contributed by atoms with E-state index in [1.165, 1.54) is 122 Å². The smallest absolute Gasteiger partial charge is 0.102 e. The summed E-state index contributed by atoms with van der Waals surface area (Å²) in [6, 6.07) is 0. The lowest BCUT2D eigenvalue weighted by Crippen LogP contribution is -2.40. The molecule has 0 saturated carbocycles. The van der Waals surface area contributed by atoms with Crippen LogP contribution in [-0.4, -0.2) is 36.5 Å². The van der Waals surface area contributed by atoms with Gasteiger partial charge in [-0.3, -0.25) is 0 Å². The van der Waals surface area contributed by atoms with Crippen molar-refractivity contribution in [2.75, 3.05) is 26.7 Å². The van der Waals surface area contributed by atoms with Crippen molar-refractivity contribution in [3.05, 3.63) is 5.21 Å². The van der Waals surface area contributed by atoms with E-state index in [1.807, 2.05) is 0 Å². The summed E-state index contributed by atoms with van der Waals surface area (Å²) in [5, 5.41) is 20.7. The second-order valence-electron chi connectivity index (χ2n) is 9.19. The molecule has 3 nitrogen and oxygen atoms in total. The number of likely N-dealkylation sites (N-methyl/N-ethyl adjacent to an activating group) is 1. The first-order chi connectivity index (χ1) is 13.6. The number of quaternary nitrogens is 1. The third-order valence-corrected chi connectivity index (χ3v) is 6.06. The van der Waals surface area contributed by atoms with Gasteiger partial charge in [-0.05, 0) is 12.8 Å². The number of nitrogens with zero attached hydrogens (tertiary/aromatic N) is 1. The van der Waals surface area contributed by atoms with E-state index >= 15 is 0 Å². The molecule has 0 rings (SSSR count). The van der Waals surface area contributed by atoms with Crippen molar-refractivity contribution < 1.29 is 9.75 Å². The molecular weight excluding hydrogens is 346 g/mol. The molecule has 0 aromatic rings. The zero-order valence-electron chi connectivity index (χ0n) is 19.6. The van der Waals surface area contributed by atoms with Crippen molar-refractivity contribution in [3.8, 4) is 0 Å². The maximum Gasteiger partial charge on any atom is 0.102 e. The first-order valence-electron chi connectivity index (χ1n) is 12.8. The minimum Gasteiger partial charge on any atom is -0.633 e. The first kappa shape index (κ1) is 27.9. The molecule has 3 heteroatoms. The highest BCUT2D eigenvalue weighted by Crippen LogP contribution is 2.15. The van der Waals surface area contributed by atoms with Crippen molar-refractivity contribution in [3.63, 3.8) is 0 Å². The zero-order valence-corrected chi connectivity index (χ0v) is 19.6. The summed E-state index contributed by atoms with van der Waals surface area (Å²) < 4.78 is -0.282. The highest BCUT2D eigenvalue weighted by molar-refractivity contribution is 4.51. The Balaban J connectivity index is 3.09. The Bertz CT molecular complexity index is 294. The molecule has 0 radical (unpaired) electrons. The second-order valence-corrected chi connectivity index (χ2v) is 9.19. The molecular formula is C25H53NO2. The molecule has 0 heterocycles. The van der Waals surface area contributed by atoms with E-state index in [0.29, 0.717) is 13.1 Å². The number of aliphatic hydroxyl groups is 1. The molecule has 0 saturated heterocycles. The van der Waals surface area contributed by atoms with Crippen LogP contribution in [0.1, 0.15) is 135 Å². The van der Waals surface area contributed by atoms with Crippen molar-refractivity contribution in [2.24, 2.45) is 0 Å². The van der Waals surface area contributed by atoms with Crippen LogP contribution in [0.4, 0.5) is 0 Å². The lowest BCUT2D eigenvalue weighted by atomic mass is 10.0. The molecule has 1 atom stereocenters. The fourth-order valence-corrected chi connectivity index (χ4v) is 4.02. The number of aliphatic hydroxyl groups excluding tert-OH is 1. The molecule has 0 aromatic carbocycles. The topological polar surface area (TPSA) is 43.3 Å². The summed E-state index contributed by atoms with van der Waals surface area (Å²) in [4.78, 5) is 0. The Morgan fingerprint density at radius 3 is 1.07 bits per heavy atom. The predicted molar refractivity (Wildman–Crippen MR) is 124 cm³/mol. The van der Waals surface area contributed by atoms with E-state index in [9.17, 15) is 5.21 Å². The largest absolute Gasteiger partial charge is 0.633 e. The average Bonchev–Trinajstić information content (AvgIpc) is 2.66. The van der Waals surface area contributed by atoms with Crippen LogP contribution in [-0.2, 0) is 0 Å². The van der Waals surface area contributed by atoms with E-state index in [1.54, 1.807) is 7.05 Å². The van der Waals surface area contributed by atoms with Gasteiger partial charge in [0.15, 0.2) is 0 Å². The van der Waals surface area contributed by atoms with Crippen molar-refractivity contribution in [2.45, 2.75) is 135 Å². The Kier molecular flexibility index (Phi) is 21.5. The molecule has 0 spiro atoms. The predicted octanol–water partition coefficient (Wildman–Crippen LogP) is 7.75. The Morgan fingerprint density at radius 1 is 0.500 bits per heavy atom. The van der Waals surface area contributed by atoms with E-state index < -0.39 is 0 Å². The molecule has 1 N–H and O–H groups in total. The minimum atomic E-state index is -0.282. The SMILES string of the molecule is CCCCCCCCCCCCCCCCCCCCCC[N+](C)([O-])CCO. The Morgan fingerprint density at radius 2 is 0.786 bits per heavy atom. The molecule has 170 valence electrons. The van der Waals surface area contributed by atoms with Crippen molar-refractivity contribution >= 4 is 0 Å². The molecule has 0 aromatic heterocycles. The third kappa shape index (κ3) is 22.2. The first-order valence-corrected chi connectivity index (χ1v) is 12.8. The van der Waals surface area contributed by atoms with Crippen LogP contribution in [0.15, 0.2) is 0 Å². The van der Waals surface area contributed by atoms with Gasteiger partial charge < -0.3 is 15.0 Å². The van der Waals surface area contributed by atoms with Crippen LogP contribution in [0.2, 0.25) is 0 Å². The minimum absolute atomic E-state index is 0.000800. The maximum absolute atomic E-state index is 11.9. The van der Waals surface area contributed by atoms with Gasteiger partial charge in [-0.2, -0.15) is 0 Å². The van der Waals surface area contributed by atoms with E-state index in [2.05, 4.69) is 6.92 Å². The van der Waals surface area contributed by atoms with Crippen molar-refractivity contribution in [1.29, 1.82) is 0 Å². The number of hydrogen-bond donors (Lipinski definition) is 1. The van der Waals surface area contributed by atoms with Gasteiger partial charge in [0.2, 0.25) is 0 Å². The van der Waals surface area contributed by atoms with Gasteiger partial charge in [0.1, 0.15) is 6.54 Å². The summed E-state index contributed by atoms with van der Waals surface area (Å²) in [7, 11) is 1.67. The van der Waals surface area contributed by atoms with Gasteiger partial charge in [-0.1, -0.05) is 122 Å². The quantitative estimate of drug-likeness (QED) is 0.108. The molecule has 0 aliphatic carbocycles. The van der Waals surface area contributed by atoms with Gasteiger partial charge in [0, 0.05) is 0 Å². The lowest BCUT2D eigenvalue weighted by Gasteiger charge is -2.38. The summed E-state index contributed by atoms with van der Waals surface area (Å²) >= 11 is 0. The fraction of sp³-hybridized carbons (Fsp3) is 1.00. The van der Waals surface area contributed by atoms with Gasteiger partial charge in [-0.15, -0.1) is 0 Å². The molecule has 0 aliphatic rings. The Hall–Kier alpha value is -0.120. The van der Waals surface area contributed by atoms with Gasteiger partial charge in [-0.25, -0.2) is 0 Å². The molecule has 0 fully saturated rings. The lowest BCUT2D eigenvalue weighted by molar-refractivity contribution is -0.861. The number of unbranched alkanes of at least 4 members (excludes halogenated alkanes) is 19. The van der Waals surface area contributed by atoms with Crippen LogP contribution in [0, 0.1) is 5.21 Å². The Labute approximate surface area is 177 Å². The second kappa shape index (κ2) is 21.6. The van der Waals surface area contributed by atoms with E-state index in [4.69, 9.17) is 5.11 Å².